The molecule has 0 spiro atoms. The van der Waals surface area contributed by atoms with Crippen molar-refractivity contribution in [3.05, 3.63) is 70.3 Å². The van der Waals surface area contributed by atoms with Gasteiger partial charge in [0.05, 0.1) is 10.7 Å². The van der Waals surface area contributed by atoms with Crippen LogP contribution >= 0.6 is 11.8 Å². The van der Waals surface area contributed by atoms with Crippen molar-refractivity contribution in [2.75, 3.05) is 16.9 Å². The maximum atomic E-state index is 12.9. The first-order valence-electron chi connectivity index (χ1n) is 8.18. The number of nitrogens with zero attached hydrogens (tertiary/aromatic N) is 4. The molecule has 0 saturated carbocycles. The third-order valence-electron chi connectivity index (χ3n) is 3.62. The maximum absolute atomic E-state index is 12.9. The summed E-state index contributed by atoms with van der Waals surface area (Å²) in [6, 6.07) is 11.3. The largest absolute Gasteiger partial charge is 0.486 e. The van der Waals surface area contributed by atoms with Crippen molar-refractivity contribution in [3.63, 3.8) is 0 Å². The molecule has 0 bridgehead atoms. The first-order chi connectivity index (χ1) is 13.9. The molecule has 0 aliphatic carbocycles. The fourth-order valence-electron chi connectivity index (χ4n) is 2.24. The number of carbonyl (C=O) groups excluding carboxylic acids is 1. The molecule has 29 heavy (non-hydrogen) atoms. The maximum Gasteiger partial charge on any atom is 0.292 e. The van der Waals surface area contributed by atoms with Gasteiger partial charge in [-0.25, -0.2) is 9.07 Å². The zero-order valence-corrected chi connectivity index (χ0v) is 15.6. The van der Waals surface area contributed by atoms with Crippen molar-refractivity contribution in [3.8, 4) is 5.75 Å². The van der Waals surface area contributed by atoms with Crippen LogP contribution in [0.5, 0.6) is 5.75 Å². The molecular weight excluding hydrogens is 403 g/mol. The van der Waals surface area contributed by atoms with Crippen LogP contribution in [0, 0.1) is 15.9 Å². The van der Waals surface area contributed by atoms with Crippen LogP contribution in [0.1, 0.15) is 5.82 Å². The van der Waals surface area contributed by atoms with E-state index in [1.807, 2.05) is 0 Å². The van der Waals surface area contributed by atoms with E-state index in [4.69, 9.17) is 10.6 Å². The molecule has 3 aromatic rings. The standard InChI is InChI=1S/C17H15FN6O4S/c18-11-5-7-12(8-6-11)28-9-15-21-22-17(23(15)19)29-10-16(25)20-13-3-1-2-4-14(13)24(26)27/h1-8H,9-10,19H2,(H,20,25). The van der Waals surface area contributed by atoms with Gasteiger partial charge in [-0.3, -0.25) is 14.9 Å². The number of nitrogens with one attached hydrogen (secondary N) is 1. The van der Waals surface area contributed by atoms with Crippen molar-refractivity contribution >= 4 is 29.0 Å². The van der Waals surface area contributed by atoms with Crippen LogP contribution in [0.2, 0.25) is 0 Å². The fraction of sp³-hybridized carbons (Fsp3) is 0.118. The molecule has 1 aromatic heterocycles. The number of carbonyl (C=O) groups is 1. The Morgan fingerprint density at radius 2 is 1.97 bits per heavy atom. The summed E-state index contributed by atoms with van der Waals surface area (Å²) in [5, 5.41) is 21.5. The van der Waals surface area contributed by atoms with E-state index in [9.17, 15) is 19.3 Å². The number of amides is 1. The number of benzene rings is 2. The monoisotopic (exact) mass is 418 g/mol. The Balaban J connectivity index is 1.55. The van der Waals surface area contributed by atoms with Crippen molar-refractivity contribution in [2.24, 2.45) is 0 Å². The minimum atomic E-state index is -0.577. The molecule has 0 fully saturated rings. The predicted octanol–water partition coefficient (Wildman–Crippen LogP) is 2.35. The van der Waals surface area contributed by atoms with E-state index in [1.165, 1.54) is 47.1 Å². The number of anilines is 1. The number of nitrogens with two attached hydrogens (primary N) is 1. The van der Waals surface area contributed by atoms with E-state index < -0.39 is 10.8 Å². The molecule has 0 aliphatic heterocycles. The first-order valence-corrected chi connectivity index (χ1v) is 9.16. The summed E-state index contributed by atoms with van der Waals surface area (Å²) in [6.07, 6.45) is 0. The summed E-state index contributed by atoms with van der Waals surface area (Å²) in [6.45, 7) is -0.00189. The molecule has 3 N–H and O–H groups in total. The number of nitro benzene ring substituents is 1. The van der Waals surface area contributed by atoms with Crippen molar-refractivity contribution in [1.29, 1.82) is 0 Å². The van der Waals surface area contributed by atoms with Crippen LogP contribution in [0.4, 0.5) is 15.8 Å². The van der Waals surface area contributed by atoms with Gasteiger partial charge in [0.1, 0.15) is 23.9 Å². The van der Waals surface area contributed by atoms with Gasteiger partial charge in [-0.05, 0) is 30.3 Å². The summed E-state index contributed by atoms with van der Waals surface area (Å²) in [5.74, 6) is 5.72. The Labute approximate surface area is 168 Å². The molecule has 12 heteroatoms. The second-order valence-electron chi connectivity index (χ2n) is 5.62. The lowest BCUT2D eigenvalue weighted by Crippen LogP contribution is -2.18. The second-order valence-corrected chi connectivity index (χ2v) is 6.57. The summed E-state index contributed by atoms with van der Waals surface area (Å²) < 4.78 is 19.5. The minimum absolute atomic E-state index is 0.00189. The number of nitrogen functional groups attached to an aromatic ring is 1. The Hall–Kier alpha value is -3.67. The van der Waals surface area contributed by atoms with Crippen LogP contribution < -0.4 is 15.9 Å². The van der Waals surface area contributed by atoms with Gasteiger partial charge in [0.2, 0.25) is 11.1 Å². The zero-order valence-electron chi connectivity index (χ0n) is 14.8. The highest BCUT2D eigenvalue weighted by molar-refractivity contribution is 7.99. The zero-order chi connectivity index (χ0) is 20.8. The van der Waals surface area contributed by atoms with E-state index in [0.29, 0.717) is 11.6 Å². The molecule has 3 rings (SSSR count). The fourth-order valence-corrected chi connectivity index (χ4v) is 2.91. The number of hydrogen-bond acceptors (Lipinski definition) is 8. The molecule has 0 aliphatic rings. The SMILES string of the molecule is Nn1c(COc2ccc(F)cc2)nnc1SCC(=O)Nc1ccccc1[N+](=O)[O-]. The van der Waals surface area contributed by atoms with Gasteiger partial charge in [-0.1, -0.05) is 23.9 Å². The topological polar surface area (TPSA) is 138 Å². The number of halogens is 1. The smallest absolute Gasteiger partial charge is 0.292 e. The molecule has 0 radical (unpaired) electrons. The van der Waals surface area contributed by atoms with E-state index >= 15 is 0 Å². The quantitative estimate of drug-likeness (QED) is 0.246. The lowest BCUT2D eigenvalue weighted by Gasteiger charge is -2.07. The highest BCUT2D eigenvalue weighted by atomic mass is 32.2. The van der Waals surface area contributed by atoms with Crippen molar-refractivity contribution in [2.45, 2.75) is 11.8 Å². The summed E-state index contributed by atoms with van der Waals surface area (Å²) in [4.78, 5) is 22.5. The number of aromatic nitrogens is 3. The van der Waals surface area contributed by atoms with Gasteiger partial charge in [0.25, 0.3) is 5.69 Å². The number of rotatable bonds is 8. The molecule has 0 atom stereocenters. The summed E-state index contributed by atoms with van der Waals surface area (Å²) >= 11 is 1.01. The van der Waals surface area contributed by atoms with E-state index in [0.717, 1.165) is 11.8 Å². The first kappa shape index (κ1) is 20.1. The van der Waals surface area contributed by atoms with Crippen LogP contribution in [0.15, 0.2) is 53.7 Å². The van der Waals surface area contributed by atoms with Crippen LogP contribution in [-0.2, 0) is 11.4 Å². The molecule has 2 aromatic carbocycles. The average Bonchev–Trinajstić information content (AvgIpc) is 3.06. The third-order valence-corrected chi connectivity index (χ3v) is 4.57. The highest BCUT2D eigenvalue weighted by Gasteiger charge is 2.17. The van der Waals surface area contributed by atoms with Gasteiger partial charge in [0.15, 0.2) is 5.82 Å². The molecule has 0 saturated heterocycles. The summed E-state index contributed by atoms with van der Waals surface area (Å²) in [5.41, 5.74) is -0.0984. The van der Waals surface area contributed by atoms with E-state index in [-0.39, 0.29) is 34.7 Å². The molecule has 10 nitrogen and oxygen atoms in total. The average molecular weight is 418 g/mol. The molecule has 1 heterocycles. The Bertz CT molecular complexity index is 1030. The number of thioether (sulfide) groups is 1. The molecule has 0 unspecified atom stereocenters. The van der Waals surface area contributed by atoms with Gasteiger partial charge in [-0.2, -0.15) is 0 Å². The van der Waals surface area contributed by atoms with Crippen LogP contribution in [0.3, 0.4) is 0 Å². The lowest BCUT2D eigenvalue weighted by atomic mass is 10.2. The second kappa shape index (κ2) is 9.01. The highest BCUT2D eigenvalue weighted by Crippen LogP contribution is 2.24. The number of para-hydroxylation sites is 2. The number of nitro groups is 1. The van der Waals surface area contributed by atoms with Gasteiger partial charge < -0.3 is 15.9 Å². The molecule has 150 valence electrons. The van der Waals surface area contributed by atoms with Crippen molar-refractivity contribution in [1.82, 2.24) is 14.9 Å². The lowest BCUT2D eigenvalue weighted by molar-refractivity contribution is -0.383. The Morgan fingerprint density at radius 1 is 1.24 bits per heavy atom. The van der Waals surface area contributed by atoms with Crippen LogP contribution in [0.25, 0.3) is 0 Å². The minimum Gasteiger partial charge on any atom is -0.486 e. The van der Waals surface area contributed by atoms with Crippen molar-refractivity contribution < 1.29 is 18.8 Å². The predicted molar refractivity (Wildman–Crippen MR) is 103 cm³/mol. The number of hydrogen-bond donors (Lipinski definition) is 2. The van der Waals surface area contributed by atoms with E-state index in [2.05, 4.69) is 15.5 Å². The molecular formula is C17H15FN6O4S. The third kappa shape index (κ3) is 5.19. The Kier molecular flexibility index (Phi) is 6.24. The number of ether oxygens (including phenoxy) is 1. The normalized spacial score (nSPS) is 10.5. The Morgan fingerprint density at radius 3 is 2.69 bits per heavy atom. The van der Waals surface area contributed by atoms with Gasteiger partial charge in [0, 0.05) is 6.07 Å². The van der Waals surface area contributed by atoms with Crippen LogP contribution in [-0.4, -0.2) is 31.5 Å². The summed E-state index contributed by atoms with van der Waals surface area (Å²) in [7, 11) is 0. The molecule has 1 amide bonds. The van der Waals surface area contributed by atoms with Gasteiger partial charge >= 0.3 is 0 Å². The van der Waals surface area contributed by atoms with Gasteiger partial charge in [-0.15, -0.1) is 10.2 Å². The van der Waals surface area contributed by atoms with E-state index in [1.54, 1.807) is 6.07 Å².